The zero-order valence-electron chi connectivity index (χ0n) is 16.9. The normalized spacial score (nSPS) is 10.9. The van der Waals surface area contributed by atoms with E-state index in [1.54, 1.807) is 36.1 Å². The van der Waals surface area contributed by atoms with Crippen molar-refractivity contribution in [2.24, 2.45) is 0 Å². The van der Waals surface area contributed by atoms with Gasteiger partial charge in [0.05, 0.1) is 19.0 Å². The van der Waals surface area contributed by atoms with E-state index in [9.17, 15) is 9.59 Å². The Morgan fingerprint density at radius 2 is 2.00 bits per heavy atom. The summed E-state index contributed by atoms with van der Waals surface area (Å²) in [5, 5.41) is 7.46. The average molecular weight is 403 g/mol. The van der Waals surface area contributed by atoms with Gasteiger partial charge in [-0.2, -0.15) is 5.10 Å². The first-order valence-corrected chi connectivity index (χ1v) is 9.41. The number of amides is 1. The Labute approximate surface area is 172 Å². The van der Waals surface area contributed by atoms with Gasteiger partial charge in [0.25, 0.3) is 5.56 Å². The number of nitrogens with zero attached hydrogens (tertiary/aromatic N) is 4. The number of carbonyl (C=O) groups excluding carboxylic acids is 1. The molecule has 0 bridgehead atoms. The molecule has 8 heteroatoms. The molecule has 30 heavy (non-hydrogen) atoms. The van der Waals surface area contributed by atoms with Crippen molar-refractivity contribution in [2.45, 2.75) is 20.4 Å². The minimum atomic E-state index is -0.340. The summed E-state index contributed by atoms with van der Waals surface area (Å²) < 4.78 is 8.06. The molecule has 2 heterocycles. The highest BCUT2D eigenvalue weighted by molar-refractivity contribution is 5.91. The molecule has 2 aromatic heterocycles. The number of anilines is 1. The maximum atomic E-state index is 12.9. The van der Waals surface area contributed by atoms with Crippen LogP contribution in [-0.4, -0.2) is 32.3 Å². The molecule has 0 saturated carbocycles. The van der Waals surface area contributed by atoms with E-state index < -0.39 is 0 Å². The van der Waals surface area contributed by atoms with Crippen LogP contribution in [0.5, 0.6) is 5.75 Å². The topological polar surface area (TPSA) is 91.0 Å². The summed E-state index contributed by atoms with van der Waals surface area (Å²) >= 11 is 0. The predicted octanol–water partition coefficient (Wildman–Crippen LogP) is 2.85. The monoisotopic (exact) mass is 403 g/mol. The first-order valence-electron chi connectivity index (χ1n) is 9.41. The summed E-state index contributed by atoms with van der Waals surface area (Å²) in [6.45, 7) is 3.85. The molecule has 1 amide bonds. The van der Waals surface area contributed by atoms with Crippen LogP contribution < -0.4 is 15.6 Å². The van der Waals surface area contributed by atoms with Gasteiger partial charge in [-0.25, -0.2) is 9.67 Å². The van der Waals surface area contributed by atoms with Gasteiger partial charge in [0.2, 0.25) is 5.91 Å². The summed E-state index contributed by atoms with van der Waals surface area (Å²) in [7, 11) is 1.56. The highest BCUT2D eigenvalue weighted by atomic mass is 16.5. The maximum absolute atomic E-state index is 12.9. The number of fused-ring (bicyclic) bond motifs is 1. The van der Waals surface area contributed by atoms with Crippen LogP contribution >= 0.6 is 0 Å². The lowest BCUT2D eigenvalue weighted by Crippen LogP contribution is -2.27. The molecule has 1 N–H and O–H groups in total. The Morgan fingerprint density at radius 1 is 1.17 bits per heavy atom. The SMILES string of the molecule is COc1cccc(NC(=O)Cn2cnc3c(cnn3-c3ccc(C)cc3C)c2=O)c1. The van der Waals surface area contributed by atoms with Crippen LogP contribution in [0.25, 0.3) is 16.7 Å². The second kappa shape index (κ2) is 7.82. The lowest BCUT2D eigenvalue weighted by atomic mass is 10.1. The van der Waals surface area contributed by atoms with Crippen LogP contribution in [0.1, 0.15) is 11.1 Å². The molecular formula is C22H21N5O3. The summed E-state index contributed by atoms with van der Waals surface area (Å²) in [6.07, 6.45) is 2.86. The van der Waals surface area contributed by atoms with Crippen LogP contribution in [0.15, 0.2) is 59.8 Å². The Balaban J connectivity index is 1.61. The number of nitrogens with one attached hydrogen (secondary N) is 1. The maximum Gasteiger partial charge on any atom is 0.264 e. The molecule has 4 rings (SSSR count). The van der Waals surface area contributed by atoms with E-state index in [0.29, 0.717) is 22.5 Å². The van der Waals surface area contributed by atoms with Crippen molar-refractivity contribution < 1.29 is 9.53 Å². The van der Waals surface area contributed by atoms with Gasteiger partial charge in [-0.3, -0.25) is 14.2 Å². The van der Waals surface area contributed by atoms with Crippen molar-refractivity contribution in [3.63, 3.8) is 0 Å². The van der Waals surface area contributed by atoms with E-state index in [1.807, 2.05) is 32.0 Å². The number of rotatable bonds is 5. The van der Waals surface area contributed by atoms with Crippen molar-refractivity contribution in [3.8, 4) is 11.4 Å². The second-order valence-corrected chi connectivity index (χ2v) is 7.04. The highest BCUT2D eigenvalue weighted by Gasteiger charge is 2.14. The molecule has 0 fully saturated rings. The van der Waals surface area contributed by atoms with E-state index in [2.05, 4.69) is 15.4 Å². The molecule has 0 unspecified atom stereocenters. The second-order valence-electron chi connectivity index (χ2n) is 7.04. The van der Waals surface area contributed by atoms with Crippen LogP contribution in [0, 0.1) is 13.8 Å². The molecule has 0 aliphatic rings. The van der Waals surface area contributed by atoms with Crippen molar-refractivity contribution in [1.29, 1.82) is 0 Å². The number of aryl methyl sites for hydroxylation is 2. The molecule has 0 aliphatic heterocycles. The number of carbonyl (C=O) groups is 1. The van der Waals surface area contributed by atoms with Crippen molar-refractivity contribution in [2.75, 3.05) is 12.4 Å². The Hall–Kier alpha value is -3.94. The average Bonchev–Trinajstić information content (AvgIpc) is 3.15. The minimum Gasteiger partial charge on any atom is -0.497 e. The van der Waals surface area contributed by atoms with Gasteiger partial charge in [-0.1, -0.05) is 23.8 Å². The highest BCUT2D eigenvalue weighted by Crippen LogP contribution is 2.19. The zero-order chi connectivity index (χ0) is 21.3. The predicted molar refractivity (Wildman–Crippen MR) is 114 cm³/mol. The summed E-state index contributed by atoms with van der Waals surface area (Å²) in [5.41, 5.74) is 3.75. The van der Waals surface area contributed by atoms with Crippen LogP contribution in [0.4, 0.5) is 5.69 Å². The van der Waals surface area contributed by atoms with Gasteiger partial charge in [0.1, 0.15) is 24.0 Å². The van der Waals surface area contributed by atoms with Crippen LogP contribution in [0.3, 0.4) is 0 Å². The molecule has 0 radical (unpaired) electrons. The fourth-order valence-electron chi connectivity index (χ4n) is 3.34. The Kier molecular flexibility index (Phi) is 5.05. The number of hydrogen-bond donors (Lipinski definition) is 1. The third-order valence-electron chi connectivity index (χ3n) is 4.80. The largest absolute Gasteiger partial charge is 0.497 e. The molecule has 8 nitrogen and oxygen atoms in total. The van der Waals surface area contributed by atoms with E-state index in [-0.39, 0.29) is 18.0 Å². The van der Waals surface area contributed by atoms with Crippen molar-refractivity contribution in [1.82, 2.24) is 19.3 Å². The summed E-state index contributed by atoms with van der Waals surface area (Å²) in [5.74, 6) is 0.292. The number of methoxy groups -OCH3 is 1. The standard InChI is InChI=1S/C22H21N5O3/c1-14-7-8-19(15(2)9-14)27-21-18(11-24-27)22(29)26(13-23-21)12-20(28)25-16-5-4-6-17(10-16)30-3/h4-11,13H,12H2,1-3H3,(H,25,28). The lowest BCUT2D eigenvalue weighted by molar-refractivity contribution is -0.116. The van der Waals surface area contributed by atoms with Crippen molar-refractivity contribution in [3.05, 3.63) is 76.5 Å². The Morgan fingerprint density at radius 3 is 2.77 bits per heavy atom. The van der Waals surface area contributed by atoms with Crippen LogP contribution in [-0.2, 0) is 11.3 Å². The first kappa shape index (κ1) is 19.4. The van der Waals surface area contributed by atoms with Gasteiger partial charge >= 0.3 is 0 Å². The lowest BCUT2D eigenvalue weighted by Gasteiger charge is -2.09. The first-order chi connectivity index (χ1) is 14.5. The number of hydrogen-bond acceptors (Lipinski definition) is 5. The summed E-state index contributed by atoms with van der Waals surface area (Å²) in [4.78, 5) is 29.7. The number of ether oxygens (including phenoxy) is 1. The molecule has 0 saturated heterocycles. The van der Waals surface area contributed by atoms with Gasteiger partial charge in [0.15, 0.2) is 5.65 Å². The Bertz CT molecular complexity index is 1310. The minimum absolute atomic E-state index is 0.159. The zero-order valence-corrected chi connectivity index (χ0v) is 16.9. The smallest absolute Gasteiger partial charge is 0.264 e. The van der Waals surface area contributed by atoms with E-state index >= 15 is 0 Å². The molecule has 0 aliphatic carbocycles. The quantitative estimate of drug-likeness (QED) is 0.553. The van der Waals surface area contributed by atoms with Gasteiger partial charge in [-0.05, 0) is 37.6 Å². The van der Waals surface area contributed by atoms with Gasteiger partial charge < -0.3 is 10.1 Å². The molecule has 4 aromatic rings. The molecule has 152 valence electrons. The van der Waals surface area contributed by atoms with E-state index in [4.69, 9.17) is 4.74 Å². The molecule has 2 aromatic carbocycles. The fourth-order valence-corrected chi connectivity index (χ4v) is 3.34. The van der Waals surface area contributed by atoms with E-state index in [0.717, 1.165) is 16.8 Å². The van der Waals surface area contributed by atoms with Crippen molar-refractivity contribution >= 4 is 22.6 Å². The number of benzene rings is 2. The number of aromatic nitrogens is 4. The van der Waals surface area contributed by atoms with Gasteiger partial charge in [0, 0.05) is 11.8 Å². The van der Waals surface area contributed by atoms with Crippen LogP contribution in [0.2, 0.25) is 0 Å². The third kappa shape index (κ3) is 3.67. The molecule has 0 atom stereocenters. The summed E-state index contributed by atoms with van der Waals surface area (Å²) in [6, 6.07) is 13.0. The van der Waals surface area contributed by atoms with E-state index in [1.165, 1.54) is 17.1 Å². The van der Waals surface area contributed by atoms with Gasteiger partial charge in [-0.15, -0.1) is 0 Å². The molecular weight excluding hydrogens is 382 g/mol. The molecule has 0 spiro atoms. The third-order valence-corrected chi connectivity index (χ3v) is 4.80. The fraction of sp³-hybridized carbons (Fsp3) is 0.182.